The number of nitrogens with one attached hydrogen (secondary N) is 1. The van der Waals surface area contributed by atoms with Gasteiger partial charge in [-0.25, -0.2) is 4.79 Å². The first-order valence-corrected chi connectivity index (χ1v) is 11.5. The molecule has 5 rings (SSSR count). The van der Waals surface area contributed by atoms with E-state index in [4.69, 9.17) is 9.47 Å². The molecule has 176 valence electrons. The number of rotatable bonds is 4. The Morgan fingerprint density at radius 3 is 2.56 bits per heavy atom. The van der Waals surface area contributed by atoms with Crippen molar-refractivity contribution in [1.29, 1.82) is 0 Å². The Balaban J connectivity index is 1.28. The SMILES string of the molecule is C[C@]1(c2ccc3c(c2)OCCCO3)NC(=O)N(CC(=O)N2CC=C(c3ccccc3)CC2)C1=O. The number of nitrogens with zero attached hydrogens (tertiary/aromatic N) is 2. The van der Waals surface area contributed by atoms with Gasteiger partial charge in [0.2, 0.25) is 5.91 Å². The summed E-state index contributed by atoms with van der Waals surface area (Å²) in [6.45, 7) is 3.43. The molecular formula is C26H27N3O5. The molecule has 0 spiro atoms. The molecule has 0 aromatic heterocycles. The zero-order valence-electron chi connectivity index (χ0n) is 19.1. The van der Waals surface area contributed by atoms with Crippen LogP contribution in [0.3, 0.4) is 0 Å². The first-order valence-electron chi connectivity index (χ1n) is 11.5. The van der Waals surface area contributed by atoms with Crippen molar-refractivity contribution in [2.24, 2.45) is 0 Å². The van der Waals surface area contributed by atoms with Crippen LogP contribution in [0.15, 0.2) is 54.6 Å². The van der Waals surface area contributed by atoms with Gasteiger partial charge in [-0.05, 0) is 42.2 Å². The lowest BCUT2D eigenvalue weighted by atomic mass is 9.91. The molecule has 0 radical (unpaired) electrons. The van der Waals surface area contributed by atoms with E-state index in [0.717, 1.165) is 23.3 Å². The lowest BCUT2D eigenvalue weighted by Gasteiger charge is -2.28. The second-order valence-corrected chi connectivity index (χ2v) is 8.84. The van der Waals surface area contributed by atoms with Crippen molar-refractivity contribution in [3.05, 3.63) is 65.7 Å². The molecule has 1 fully saturated rings. The molecule has 0 unspecified atom stereocenters. The molecule has 1 N–H and O–H groups in total. The quantitative estimate of drug-likeness (QED) is 0.708. The van der Waals surface area contributed by atoms with Crippen molar-refractivity contribution in [1.82, 2.24) is 15.1 Å². The van der Waals surface area contributed by atoms with E-state index in [2.05, 4.69) is 17.4 Å². The van der Waals surface area contributed by atoms with E-state index in [-0.39, 0.29) is 12.5 Å². The minimum atomic E-state index is -1.29. The molecule has 8 nitrogen and oxygen atoms in total. The van der Waals surface area contributed by atoms with E-state index in [1.54, 1.807) is 30.0 Å². The number of carbonyl (C=O) groups excluding carboxylic acids is 3. The monoisotopic (exact) mass is 461 g/mol. The first kappa shape index (κ1) is 22.0. The summed E-state index contributed by atoms with van der Waals surface area (Å²) in [5, 5.41) is 2.76. The molecule has 8 heteroatoms. The van der Waals surface area contributed by atoms with E-state index in [0.29, 0.717) is 43.4 Å². The van der Waals surface area contributed by atoms with E-state index >= 15 is 0 Å². The third-order valence-electron chi connectivity index (χ3n) is 6.60. The van der Waals surface area contributed by atoms with Gasteiger partial charge in [-0.15, -0.1) is 0 Å². The second kappa shape index (κ2) is 8.85. The van der Waals surface area contributed by atoms with Crippen molar-refractivity contribution < 1.29 is 23.9 Å². The maximum Gasteiger partial charge on any atom is 0.325 e. The number of fused-ring (bicyclic) bond motifs is 1. The van der Waals surface area contributed by atoms with Gasteiger partial charge in [-0.2, -0.15) is 0 Å². The number of hydrogen-bond acceptors (Lipinski definition) is 5. The number of benzene rings is 2. The van der Waals surface area contributed by atoms with Gasteiger partial charge in [0.1, 0.15) is 12.1 Å². The highest BCUT2D eigenvalue weighted by molar-refractivity contribution is 6.09. The molecular weight excluding hydrogens is 434 g/mol. The van der Waals surface area contributed by atoms with Gasteiger partial charge >= 0.3 is 6.03 Å². The maximum absolute atomic E-state index is 13.3. The maximum atomic E-state index is 13.3. The average molecular weight is 462 g/mol. The zero-order valence-corrected chi connectivity index (χ0v) is 19.1. The summed E-state index contributed by atoms with van der Waals surface area (Å²) < 4.78 is 11.4. The smallest absolute Gasteiger partial charge is 0.325 e. The van der Waals surface area contributed by atoms with Gasteiger partial charge in [0.25, 0.3) is 5.91 Å². The summed E-state index contributed by atoms with van der Waals surface area (Å²) >= 11 is 0. The highest BCUT2D eigenvalue weighted by Crippen LogP contribution is 2.36. The minimum absolute atomic E-state index is 0.255. The lowest BCUT2D eigenvalue weighted by molar-refractivity contribution is -0.138. The molecule has 0 saturated carbocycles. The summed E-state index contributed by atoms with van der Waals surface area (Å²) in [6.07, 6.45) is 3.53. The number of amides is 4. The van der Waals surface area contributed by atoms with Crippen LogP contribution in [0.4, 0.5) is 4.79 Å². The number of ether oxygens (including phenoxy) is 2. The Bertz CT molecular complexity index is 1160. The summed E-state index contributed by atoms with van der Waals surface area (Å²) in [6, 6.07) is 14.7. The molecule has 1 atom stereocenters. The van der Waals surface area contributed by atoms with Crippen molar-refractivity contribution in [3.63, 3.8) is 0 Å². The third-order valence-corrected chi connectivity index (χ3v) is 6.60. The molecule has 3 aliphatic heterocycles. The highest BCUT2D eigenvalue weighted by Gasteiger charge is 2.50. The largest absolute Gasteiger partial charge is 0.490 e. The fourth-order valence-electron chi connectivity index (χ4n) is 4.56. The molecule has 34 heavy (non-hydrogen) atoms. The van der Waals surface area contributed by atoms with Gasteiger partial charge in [-0.1, -0.05) is 42.5 Å². The van der Waals surface area contributed by atoms with E-state index in [9.17, 15) is 14.4 Å². The Labute approximate surface area is 198 Å². The Hall–Kier alpha value is -3.81. The van der Waals surface area contributed by atoms with Gasteiger partial charge in [0.15, 0.2) is 11.5 Å². The Morgan fingerprint density at radius 2 is 1.82 bits per heavy atom. The fraction of sp³-hybridized carbons (Fsp3) is 0.346. The van der Waals surface area contributed by atoms with E-state index in [1.165, 1.54) is 5.57 Å². The highest BCUT2D eigenvalue weighted by atomic mass is 16.5. The van der Waals surface area contributed by atoms with Crippen molar-refractivity contribution in [2.45, 2.75) is 25.3 Å². The van der Waals surface area contributed by atoms with Gasteiger partial charge in [0.05, 0.1) is 13.2 Å². The van der Waals surface area contributed by atoms with Crippen LogP contribution in [0.5, 0.6) is 11.5 Å². The molecule has 1 saturated heterocycles. The second-order valence-electron chi connectivity index (χ2n) is 8.84. The topological polar surface area (TPSA) is 88.2 Å². The zero-order chi connectivity index (χ0) is 23.7. The standard InChI is InChI=1S/C26H27N3O5/c1-26(20-8-9-21-22(16-20)34-15-5-14-33-21)24(31)29(25(32)27-26)17-23(30)28-12-10-19(11-13-28)18-6-3-2-4-7-18/h2-4,6-10,16H,5,11-15,17H2,1H3,(H,27,32)/t26-/m1/s1. The van der Waals surface area contributed by atoms with Gasteiger partial charge in [0, 0.05) is 19.5 Å². The van der Waals surface area contributed by atoms with Crippen LogP contribution in [-0.4, -0.2) is 60.5 Å². The summed E-state index contributed by atoms with van der Waals surface area (Å²) in [4.78, 5) is 41.7. The van der Waals surface area contributed by atoms with Crippen LogP contribution in [-0.2, 0) is 15.1 Å². The fourth-order valence-corrected chi connectivity index (χ4v) is 4.56. The van der Waals surface area contributed by atoms with Crippen LogP contribution in [0.1, 0.15) is 30.9 Å². The predicted octanol–water partition coefficient (Wildman–Crippen LogP) is 2.93. The molecule has 0 aliphatic carbocycles. The number of hydrogen-bond donors (Lipinski definition) is 1. The van der Waals surface area contributed by atoms with Crippen LogP contribution >= 0.6 is 0 Å². The van der Waals surface area contributed by atoms with E-state index < -0.39 is 17.5 Å². The molecule has 0 bridgehead atoms. The van der Waals surface area contributed by atoms with Crippen molar-refractivity contribution in [3.8, 4) is 11.5 Å². The summed E-state index contributed by atoms with van der Waals surface area (Å²) in [5.41, 5.74) is 1.64. The molecule has 3 aliphatic rings. The Morgan fingerprint density at radius 1 is 1.06 bits per heavy atom. The third kappa shape index (κ3) is 4.00. The summed E-state index contributed by atoms with van der Waals surface area (Å²) in [7, 11) is 0. The summed E-state index contributed by atoms with van der Waals surface area (Å²) in [5.74, 6) is 0.441. The molecule has 3 heterocycles. The van der Waals surface area contributed by atoms with Crippen LogP contribution in [0.25, 0.3) is 5.57 Å². The molecule has 2 aromatic rings. The first-order chi connectivity index (χ1) is 16.5. The number of carbonyl (C=O) groups is 3. The van der Waals surface area contributed by atoms with Crippen molar-refractivity contribution in [2.75, 3.05) is 32.8 Å². The van der Waals surface area contributed by atoms with Crippen LogP contribution < -0.4 is 14.8 Å². The van der Waals surface area contributed by atoms with Crippen LogP contribution in [0.2, 0.25) is 0 Å². The van der Waals surface area contributed by atoms with Crippen LogP contribution in [0, 0.1) is 0 Å². The minimum Gasteiger partial charge on any atom is -0.490 e. The Kier molecular flexibility index (Phi) is 5.73. The van der Waals surface area contributed by atoms with Gasteiger partial charge in [-0.3, -0.25) is 14.5 Å². The van der Waals surface area contributed by atoms with Gasteiger partial charge < -0.3 is 19.7 Å². The predicted molar refractivity (Wildman–Crippen MR) is 125 cm³/mol. The number of urea groups is 1. The normalized spacial score (nSPS) is 22.2. The average Bonchev–Trinajstić information content (AvgIpc) is 3.02. The molecule has 2 aromatic carbocycles. The number of imide groups is 1. The van der Waals surface area contributed by atoms with Crippen molar-refractivity contribution >= 4 is 23.4 Å². The lowest BCUT2D eigenvalue weighted by Crippen LogP contribution is -2.45. The molecule has 4 amide bonds. The van der Waals surface area contributed by atoms with E-state index in [1.807, 2.05) is 24.3 Å².